The predicted molar refractivity (Wildman–Crippen MR) is 141 cm³/mol. The van der Waals surface area contributed by atoms with Crippen molar-refractivity contribution in [2.24, 2.45) is 0 Å². The number of rotatable bonds is 12. The second-order valence-corrected chi connectivity index (χ2v) is 25.1. The van der Waals surface area contributed by atoms with Gasteiger partial charge in [0.1, 0.15) is 0 Å². The number of hydrogen-bond acceptors (Lipinski definition) is 3. The first-order valence-electron chi connectivity index (χ1n) is 11.6. The molecule has 1 heterocycles. The zero-order valence-corrected chi connectivity index (χ0v) is 24.3. The SMILES string of the molecule is CCCCP(C)(Cl)(CCCC)C(CCC)c1nc(O[Si](C)(C)C(C)(C)C)sc1C. The van der Waals surface area contributed by atoms with E-state index in [0.717, 1.165) is 18.0 Å². The van der Waals surface area contributed by atoms with Crippen LogP contribution >= 0.6 is 28.5 Å². The molecule has 6 heteroatoms. The summed E-state index contributed by atoms with van der Waals surface area (Å²) in [6, 6.07) is 0. The molecule has 1 aromatic heterocycles. The number of aryl methyl sites for hydroxylation is 1. The second-order valence-electron chi connectivity index (χ2n) is 10.7. The fourth-order valence-corrected chi connectivity index (χ4v) is 12.5. The number of halogens is 1. The van der Waals surface area contributed by atoms with E-state index in [4.69, 9.17) is 20.7 Å². The van der Waals surface area contributed by atoms with Gasteiger partial charge >= 0.3 is 192 Å². The minimum absolute atomic E-state index is 0.175. The van der Waals surface area contributed by atoms with Crippen molar-refractivity contribution in [2.75, 3.05) is 19.0 Å². The van der Waals surface area contributed by atoms with Gasteiger partial charge in [-0.05, 0) is 0 Å². The fourth-order valence-electron chi connectivity index (χ4n) is 3.80. The summed E-state index contributed by atoms with van der Waals surface area (Å²) in [4.78, 5) is 6.44. The molecule has 0 aromatic carbocycles. The van der Waals surface area contributed by atoms with Crippen LogP contribution in [0.3, 0.4) is 0 Å². The van der Waals surface area contributed by atoms with Crippen LogP contribution in [0.25, 0.3) is 0 Å². The van der Waals surface area contributed by atoms with Crippen molar-refractivity contribution in [1.29, 1.82) is 0 Å². The van der Waals surface area contributed by atoms with Gasteiger partial charge in [-0.15, -0.1) is 0 Å². The van der Waals surface area contributed by atoms with E-state index in [1.807, 2.05) is 0 Å². The van der Waals surface area contributed by atoms with Gasteiger partial charge in [0.15, 0.2) is 0 Å². The summed E-state index contributed by atoms with van der Waals surface area (Å²) < 4.78 is 6.58. The summed E-state index contributed by atoms with van der Waals surface area (Å²) in [7, 11) is -1.89. The van der Waals surface area contributed by atoms with Crippen LogP contribution in [0.15, 0.2) is 0 Å². The third kappa shape index (κ3) is 6.92. The zero-order valence-electron chi connectivity index (χ0n) is 20.8. The molecule has 0 amide bonds. The number of thiazole rings is 1. The molecule has 1 rings (SSSR count). The minimum atomic E-state index is -2.42. The maximum atomic E-state index is 7.78. The summed E-state index contributed by atoms with van der Waals surface area (Å²) >= 11 is 9.52. The fraction of sp³-hybridized carbons (Fsp3) is 0.870. The van der Waals surface area contributed by atoms with Crippen LogP contribution in [0.5, 0.6) is 5.19 Å². The van der Waals surface area contributed by atoms with Gasteiger partial charge in [0.05, 0.1) is 0 Å². The van der Waals surface area contributed by atoms with Gasteiger partial charge in [-0.25, -0.2) is 0 Å². The van der Waals surface area contributed by atoms with E-state index in [-0.39, 0.29) is 5.04 Å². The summed E-state index contributed by atoms with van der Waals surface area (Å²) in [5.74, 6) is -2.42. The second kappa shape index (κ2) is 10.3. The van der Waals surface area contributed by atoms with E-state index < -0.39 is 14.3 Å². The molecule has 2 nitrogen and oxygen atoms in total. The Bertz CT molecular complexity index is 642. The maximum absolute atomic E-state index is 7.78. The third-order valence-corrected chi connectivity index (χ3v) is 19.2. The van der Waals surface area contributed by atoms with E-state index in [1.165, 1.54) is 48.6 Å². The Labute approximate surface area is 191 Å². The summed E-state index contributed by atoms with van der Waals surface area (Å²) in [6.45, 7) is 23.0. The molecule has 0 saturated heterocycles. The van der Waals surface area contributed by atoms with E-state index in [9.17, 15) is 0 Å². The van der Waals surface area contributed by atoms with Gasteiger partial charge < -0.3 is 0 Å². The number of nitrogens with zero attached hydrogens (tertiary/aromatic N) is 1. The molecule has 0 fully saturated rings. The van der Waals surface area contributed by atoms with Crippen LogP contribution in [-0.2, 0) is 0 Å². The van der Waals surface area contributed by atoms with Crippen LogP contribution in [0.1, 0.15) is 96.3 Å². The average Bonchev–Trinajstić information content (AvgIpc) is 2.94. The molecule has 172 valence electrons. The van der Waals surface area contributed by atoms with E-state index in [0.29, 0.717) is 5.66 Å². The molecule has 0 saturated carbocycles. The van der Waals surface area contributed by atoms with Gasteiger partial charge in [-0.1, -0.05) is 0 Å². The van der Waals surface area contributed by atoms with Gasteiger partial charge in [-0.3, -0.25) is 0 Å². The summed E-state index contributed by atoms with van der Waals surface area (Å²) in [6.07, 6.45) is 9.48. The monoisotopic (exact) mass is 479 g/mol. The van der Waals surface area contributed by atoms with E-state index >= 15 is 0 Å². The van der Waals surface area contributed by atoms with Crippen LogP contribution in [-0.4, -0.2) is 32.3 Å². The third-order valence-electron chi connectivity index (χ3n) is 6.92. The van der Waals surface area contributed by atoms with Crippen molar-refractivity contribution < 1.29 is 4.43 Å². The quantitative estimate of drug-likeness (QED) is 0.220. The van der Waals surface area contributed by atoms with E-state index in [2.05, 4.69) is 68.2 Å². The van der Waals surface area contributed by atoms with Crippen molar-refractivity contribution in [3.05, 3.63) is 10.6 Å². The first-order chi connectivity index (χ1) is 13.2. The first-order valence-corrected chi connectivity index (χ1v) is 19.3. The first kappa shape index (κ1) is 27.4. The predicted octanol–water partition coefficient (Wildman–Crippen LogP) is 9.61. The molecule has 1 aromatic rings. The molecule has 0 spiro atoms. The standard InChI is InChI=1S/C23H47ClNOPSSi/c1-11-14-17-27(8,24,18-15-12-2)20(16-13-3)21-19(4)28-22(25-21)26-29(9,10)23(5,6)7/h20H,11-18H2,1-10H3. The summed E-state index contributed by atoms with van der Waals surface area (Å²) in [5, 5.41) is 1.04. The van der Waals surface area contributed by atoms with Crippen molar-refractivity contribution >= 4 is 36.9 Å². The molecular formula is C23H47ClNOPSSi. The van der Waals surface area contributed by atoms with Gasteiger partial charge in [0.2, 0.25) is 0 Å². The summed E-state index contributed by atoms with van der Waals surface area (Å²) in [5.41, 5.74) is 1.63. The Morgan fingerprint density at radius 2 is 1.59 bits per heavy atom. The normalized spacial score (nSPS) is 15.8. The molecule has 1 unspecified atom stereocenters. The molecule has 0 aliphatic rings. The Balaban J connectivity index is 3.38. The van der Waals surface area contributed by atoms with E-state index in [1.54, 1.807) is 11.3 Å². The Morgan fingerprint density at radius 1 is 1.07 bits per heavy atom. The topological polar surface area (TPSA) is 22.1 Å². The van der Waals surface area contributed by atoms with Crippen molar-refractivity contribution in [3.8, 4) is 5.19 Å². The Morgan fingerprint density at radius 3 is 2.00 bits per heavy atom. The number of hydrogen-bond donors (Lipinski definition) is 0. The van der Waals surface area contributed by atoms with Crippen LogP contribution < -0.4 is 4.43 Å². The van der Waals surface area contributed by atoms with Crippen LogP contribution in [0.2, 0.25) is 18.1 Å². The van der Waals surface area contributed by atoms with Crippen LogP contribution in [0, 0.1) is 6.92 Å². The van der Waals surface area contributed by atoms with Gasteiger partial charge in [0, 0.05) is 0 Å². The van der Waals surface area contributed by atoms with Crippen molar-refractivity contribution in [1.82, 2.24) is 4.98 Å². The average molecular weight is 480 g/mol. The van der Waals surface area contributed by atoms with Crippen molar-refractivity contribution in [2.45, 2.75) is 111 Å². The number of aromatic nitrogens is 1. The zero-order chi connectivity index (χ0) is 22.5. The van der Waals surface area contributed by atoms with Crippen LogP contribution in [0.4, 0.5) is 0 Å². The molecule has 0 bridgehead atoms. The van der Waals surface area contributed by atoms with Gasteiger partial charge in [0.25, 0.3) is 0 Å². The molecule has 0 aliphatic carbocycles. The number of unbranched alkanes of at least 4 members (excludes halogenated alkanes) is 2. The molecule has 0 radical (unpaired) electrons. The van der Waals surface area contributed by atoms with Gasteiger partial charge in [-0.2, -0.15) is 0 Å². The molecule has 0 aliphatic heterocycles. The molecular weight excluding hydrogens is 433 g/mol. The van der Waals surface area contributed by atoms with Crippen molar-refractivity contribution in [3.63, 3.8) is 0 Å². The molecule has 0 N–H and O–H groups in total. The molecule has 1 atom stereocenters. The Hall–Kier alpha value is 0.367. The Kier molecular flexibility index (Phi) is 9.75. The molecule has 29 heavy (non-hydrogen) atoms.